The lowest BCUT2D eigenvalue weighted by atomic mass is 9.97. The van der Waals surface area contributed by atoms with Gasteiger partial charge in [0, 0.05) is 18.7 Å². The van der Waals surface area contributed by atoms with Gasteiger partial charge in [0.2, 0.25) is 0 Å². The van der Waals surface area contributed by atoms with Crippen molar-refractivity contribution in [2.75, 3.05) is 11.8 Å². The molecule has 51 valence electrons. The summed E-state index contributed by atoms with van der Waals surface area (Å²) in [4.78, 5) is 0. The molecule has 0 saturated carbocycles. The quantitative estimate of drug-likeness (QED) is 0.434. The van der Waals surface area contributed by atoms with Gasteiger partial charge in [-0.3, -0.25) is 0 Å². The highest BCUT2D eigenvalue weighted by Crippen LogP contribution is 2.18. The first-order valence-electron chi connectivity index (χ1n) is 2.60. The standard InChI is InChI=1S/C7H9Cl2/c1-3-4-7(2,5-8)6-9/h1,5-6H2,2H3. The first-order valence-corrected chi connectivity index (χ1v) is 3.66. The van der Waals surface area contributed by atoms with Crippen molar-refractivity contribution in [2.24, 2.45) is 5.41 Å². The minimum absolute atomic E-state index is 0.259. The molecule has 0 aliphatic heterocycles. The highest BCUT2D eigenvalue weighted by Gasteiger charge is 2.17. The van der Waals surface area contributed by atoms with Crippen LogP contribution in [0.1, 0.15) is 6.92 Å². The van der Waals surface area contributed by atoms with Crippen LogP contribution >= 0.6 is 23.2 Å². The molecule has 0 aliphatic rings. The van der Waals surface area contributed by atoms with Gasteiger partial charge in [-0.2, -0.15) is 0 Å². The molecule has 0 heterocycles. The van der Waals surface area contributed by atoms with Crippen molar-refractivity contribution in [2.45, 2.75) is 6.92 Å². The lowest BCUT2D eigenvalue weighted by Gasteiger charge is -2.14. The largest absolute Gasteiger partial charge is 0.125 e. The van der Waals surface area contributed by atoms with Crippen LogP contribution in [0.4, 0.5) is 0 Å². The summed E-state index contributed by atoms with van der Waals surface area (Å²) < 4.78 is 0. The second kappa shape index (κ2) is 4.04. The molecule has 0 N–H and O–H groups in total. The van der Waals surface area contributed by atoms with Crippen LogP contribution < -0.4 is 0 Å². The lowest BCUT2D eigenvalue weighted by Crippen LogP contribution is -2.17. The van der Waals surface area contributed by atoms with Crippen LogP contribution in [-0.4, -0.2) is 11.8 Å². The van der Waals surface area contributed by atoms with Crippen molar-refractivity contribution in [3.8, 4) is 11.8 Å². The van der Waals surface area contributed by atoms with Gasteiger partial charge in [0.05, 0.1) is 5.41 Å². The van der Waals surface area contributed by atoms with E-state index in [1.165, 1.54) is 0 Å². The fourth-order valence-corrected chi connectivity index (χ4v) is 0.735. The van der Waals surface area contributed by atoms with Crippen molar-refractivity contribution < 1.29 is 0 Å². The van der Waals surface area contributed by atoms with Gasteiger partial charge in [0.15, 0.2) is 0 Å². The Morgan fingerprint density at radius 1 is 1.44 bits per heavy atom. The summed E-state index contributed by atoms with van der Waals surface area (Å²) in [6.07, 6.45) is 0. The predicted octanol–water partition coefficient (Wildman–Crippen LogP) is 2.31. The third-order valence-electron chi connectivity index (χ3n) is 0.980. The van der Waals surface area contributed by atoms with Crippen LogP contribution in [0.5, 0.6) is 0 Å². The molecule has 2 heteroatoms. The van der Waals surface area contributed by atoms with Gasteiger partial charge in [-0.25, -0.2) is 0 Å². The number of halogens is 2. The van der Waals surface area contributed by atoms with Crippen LogP contribution in [0.15, 0.2) is 0 Å². The second-order valence-corrected chi connectivity index (χ2v) is 2.66. The van der Waals surface area contributed by atoms with E-state index in [1.807, 2.05) is 6.92 Å². The molecule has 0 fully saturated rings. The molecule has 0 aliphatic carbocycles. The van der Waals surface area contributed by atoms with E-state index in [-0.39, 0.29) is 5.41 Å². The molecule has 1 radical (unpaired) electrons. The van der Waals surface area contributed by atoms with Gasteiger partial charge in [-0.05, 0) is 6.92 Å². The zero-order valence-electron chi connectivity index (χ0n) is 5.38. The molecule has 0 atom stereocenters. The molecule has 0 saturated heterocycles. The van der Waals surface area contributed by atoms with Crippen molar-refractivity contribution in [1.29, 1.82) is 0 Å². The molecule has 0 nitrogen and oxygen atoms in total. The topological polar surface area (TPSA) is 0 Å². The van der Waals surface area contributed by atoms with Crippen LogP contribution in [0.2, 0.25) is 0 Å². The number of hydrogen-bond acceptors (Lipinski definition) is 0. The van der Waals surface area contributed by atoms with E-state index in [4.69, 9.17) is 23.2 Å². The second-order valence-electron chi connectivity index (χ2n) is 2.13. The molecule has 0 bridgehead atoms. The molecular formula is C7H9Cl2. The fourth-order valence-electron chi connectivity index (χ4n) is 0.316. The van der Waals surface area contributed by atoms with E-state index in [1.54, 1.807) is 0 Å². The van der Waals surface area contributed by atoms with Gasteiger partial charge < -0.3 is 0 Å². The van der Waals surface area contributed by atoms with E-state index in [9.17, 15) is 0 Å². The molecule has 0 spiro atoms. The summed E-state index contributed by atoms with van der Waals surface area (Å²) in [6.45, 7) is 5.30. The molecular weight excluding hydrogens is 155 g/mol. The van der Waals surface area contributed by atoms with Crippen molar-refractivity contribution in [1.82, 2.24) is 0 Å². The van der Waals surface area contributed by atoms with Gasteiger partial charge in [0.25, 0.3) is 0 Å². The maximum Gasteiger partial charge on any atom is 0.0556 e. The van der Waals surface area contributed by atoms with Gasteiger partial charge in [0.1, 0.15) is 0 Å². The maximum absolute atomic E-state index is 5.57. The van der Waals surface area contributed by atoms with Crippen LogP contribution in [0, 0.1) is 24.2 Å². The Hall–Kier alpha value is 0.140. The third-order valence-corrected chi connectivity index (χ3v) is 2.16. The Labute approximate surface area is 66.5 Å². The zero-order valence-corrected chi connectivity index (χ0v) is 6.89. The molecule has 0 amide bonds. The molecule has 0 aromatic carbocycles. The summed E-state index contributed by atoms with van der Waals surface area (Å²) in [5, 5.41) is 0. The maximum atomic E-state index is 5.57. The normalized spacial score (nSPS) is 10.2. The van der Waals surface area contributed by atoms with E-state index in [0.717, 1.165) is 0 Å². The van der Waals surface area contributed by atoms with Crippen LogP contribution in [-0.2, 0) is 0 Å². The Kier molecular flexibility index (Phi) is 4.10. The lowest BCUT2D eigenvalue weighted by molar-refractivity contribution is 0.587. The smallest absolute Gasteiger partial charge is 0.0556 e. The first-order chi connectivity index (χ1) is 4.18. The summed E-state index contributed by atoms with van der Waals surface area (Å²) in [5.74, 6) is 6.29. The Morgan fingerprint density at radius 3 is 2.00 bits per heavy atom. The number of hydrogen-bond donors (Lipinski definition) is 0. The summed E-state index contributed by atoms with van der Waals surface area (Å²) in [5.41, 5.74) is -0.259. The SMILES string of the molecule is [CH2]C#CC(C)(CCl)CCl. The molecule has 0 aromatic heterocycles. The number of rotatable bonds is 2. The average molecular weight is 164 g/mol. The Morgan fingerprint density at radius 2 is 1.89 bits per heavy atom. The molecule has 0 rings (SSSR count). The molecule has 0 aromatic rings. The first kappa shape index (κ1) is 9.14. The van der Waals surface area contributed by atoms with E-state index >= 15 is 0 Å². The van der Waals surface area contributed by atoms with E-state index < -0.39 is 0 Å². The third kappa shape index (κ3) is 2.98. The van der Waals surface area contributed by atoms with Crippen molar-refractivity contribution >= 4 is 23.2 Å². The Balaban J connectivity index is 4.03. The monoisotopic (exact) mass is 163 g/mol. The van der Waals surface area contributed by atoms with Gasteiger partial charge >= 0.3 is 0 Å². The van der Waals surface area contributed by atoms with Crippen LogP contribution in [0.25, 0.3) is 0 Å². The minimum Gasteiger partial charge on any atom is -0.125 e. The van der Waals surface area contributed by atoms with Crippen LogP contribution in [0.3, 0.4) is 0 Å². The van der Waals surface area contributed by atoms with Gasteiger partial charge in [-0.1, -0.05) is 5.92 Å². The number of alkyl halides is 2. The minimum atomic E-state index is -0.259. The van der Waals surface area contributed by atoms with Crippen molar-refractivity contribution in [3.63, 3.8) is 0 Å². The highest BCUT2D eigenvalue weighted by atomic mass is 35.5. The van der Waals surface area contributed by atoms with E-state index in [0.29, 0.717) is 11.8 Å². The van der Waals surface area contributed by atoms with Crippen molar-refractivity contribution in [3.05, 3.63) is 6.92 Å². The Bertz CT molecular complexity index is 126. The fraction of sp³-hybridized carbons (Fsp3) is 0.571. The summed E-state index contributed by atoms with van der Waals surface area (Å²) >= 11 is 11.1. The zero-order chi connectivity index (χ0) is 7.33. The molecule has 9 heavy (non-hydrogen) atoms. The average Bonchev–Trinajstić information content (AvgIpc) is 1.89. The van der Waals surface area contributed by atoms with E-state index in [2.05, 4.69) is 18.8 Å². The predicted molar refractivity (Wildman–Crippen MR) is 42.7 cm³/mol. The van der Waals surface area contributed by atoms with Gasteiger partial charge in [-0.15, -0.1) is 29.1 Å². The highest BCUT2D eigenvalue weighted by molar-refractivity contribution is 6.21. The summed E-state index contributed by atoms with van der Waals surface area (Å²) in [7, 11) is 0. The summed E-state index contributed by atoms with van der Waals surface area (Å²) in [6, 6.07) is 0. The molecule has 0 unspecified atom stereocenters.